The summed E-state index contributed by atoms with van der Waals surface area (Å²) in [6, 6.07) is 3.24. The lowest BCUT2D eigenvalue weighted by Crippen LogP contribution is -2.16. The molecule has 0 aliphatic carbocycles. The first-order valence-corrected chi connectivity index (χ1v) is 10.6. The summed E-state index contributed by atoms with van der Waals surface area (Å²) in [6.45, 7) is 8.83. The van der Waals surface area contributed by atoms with Gasteiger partial charge in [-0.05, 0) is 25.8 Å². The van der Waals surface area contributed by atoms with Crippen LogP contribution in [0.25, 0.3) is 15.2 Å². The minimum Gasteiger partial charge on any atom is -0.455 e. The first-order chi connectivity index (χ1) is 13.3. The van der Waals surface area contributed by atoms with Gasteiger partial charge in [0.15, 0.2) is 4.96 Å². The number of nitrogens with zero attached hydrogens (tertiary/aromatic N) is 4. The standard InChI is InChI=1S/C19H20N4O3S2/c1-10(2)7-22-17-14(12(4)21-22)6-15(28-17)18(25)26-8-13-5-16(24)23-11(3)9-27-19(23)20-13/h5-6,9-10H,7-8H2,1-4H3. The zero-order valence-corrected chi connectivity index (χ0v) is 17.7. The minimum atomic E-state index is -0.416. The van der Waals surface area contributed by atoms with Gasteiger partial charge in [0.2, 0.25) is 0 Å². The normalized spacial score (nSPS) is 11.8. The first-order valence-electron chi connectivity index (χ1n) is 8.94. The van der Waals surface area contributed by atoms with Crippen molar-refractivity contribution in [2.45, 2.75) is 40.8 Å². The van der Waals surface area contributed by atoms with Crippen molar-refractivity contribution < 1.29 is 9.53 Å². The van der Waals surface area contributed by atoms with Crippen molar-refractivity contribution in [1.82, 2.24) is 19.2 Å². The van der Waals surface area contributed by atoms with Gasteiger partial charge in [0.25, 0.3) is 5.56 Å². The second-order valence-electron chi connectivity index (χ2n) is 7.15. The second kappa shape index (κ2) is 7.14. The molecule has 4 aromatic heterocycles. The van der Waals surface area contributed by atoms with E-state index >= 15 is 0 Å². The smallest absolute Gasteiger partial charge is 0.348 e. The zero-order valence-electron chi connectivity index (χ0n) is 16.1. The molecule has 0 fully saturated rings. The van der Waals surface area contributed by atoms with Gasteiger partial charge in [-0.15, -0.1) is 22.7 Å². The van der Waals surface area contributed by atoms with E-state index in [-0.39, 0.29) is 12.2 Å². The van der Waals surface area contributed by atoms with Gasteiger partial charge in [-0.2, -0.15) is 5.10 Å². The maximum Gasteiger partial charge on any atom is 0.348 e. The second-order valence-corrected chi connectivity index (χ2v) is 9.01. The average Bonchev–Trinajstić information content (AvgIpc) is 3.29. The molecule has 0 radical (unpaired) electrons. The summed E-state index contributed by atoms with van der Waals surface area (Å²) in [4.78, 5) is 31.3. The quantitative estimate of drug-likeness (QED) is 0.463. The highest BCUT2D eigenvalue weighted by Crippen LogP contribution is 2.29. The number of carbonyl (C=O) groups excluding carboxylic acids is 1. The molecule has 0 spiro atoms. The molecule has 0 aliphatic heterocycles. The Kier molecular flexibility index (Phi) is 4.80. The summed E-state index contributed by atoms with van der Waals surface area (Å²) in [7, 11) is 0. The third-order valence-electron chi connectivity index (χ3n) is 4.33. The van der Waals surface area contributed by atoms with Crippen LogP contribution in [0.3, 0.4) is 0 Å². The molecule has 0 saturated heterocycles. The summed E-state index contributed by atoms with van der Waals surface area (Å²) >= 11 is 2.77. The molecule has 0 saturated carbocycles. The summed E-state index contributed by atoms with van der Waals surface area (Å²) in [5, 5.41) is 7.40. The summed E-state index contributed by atoms with van der Waals surface area (Å²) < 4.78 is 8.92. The number of thiazole rings is 1. The molecular formula is C19H20N4O3S2. The Morgan fingerprint density at radius 3 is 2.82 bits per heavy atom. The van der Waals surface area contributed by atoms with Gasteiger partial charge < -0.3 is 4.74 Å². The number of fused-ring (bicyclic) bond motifs is 2. The van der Waals surface area contributed by atoms with Gasteiger partial charge in [0.1, 0.15) is 16.3 Å². The Hall–Kier alpha value is -2.52. The van der Waals surface area contributed by atoms with Gasteiger partial charge in [-0.1, -0.05) is 13.8 Å². The van der Waals surface area contributed by atoms with Crippen molar-refractivity contribution in [3.8, 4) is 0 Å². The minimum absolute atomic E-state index is 0.0349. The lowest BCUT2D eigenvalue weighted by atomic mass is 10.2. The highest BCUT2D eigenvalue weighted by molar-refractivity contribution is 7.20. The van der Waals surface area contributed by atoms with E-state index in [1.54, 1.807) is 4.40 Å². The van der Waals surface area contributed by atoms with E-state index in [9.17, 15) is 9.59 Å². The fourth-order valence-electron chi connectivity index (χ4n) is 3.07. The van der Waals surface area contributed by atoms with Crippen LogP contribution in [0.15, 0.2) is 22.3 Å². The van der Waals surface area contributed by atoms with Crippen LogP contribution in [0, 0.1) is 19.8 Å². The molecule has 7 nitrogen and oxygen atoms in total. The molecular weight excluding hydrogens is 396 g/mol. The summed E-state index contributed by atoms with van der Waals surface area (Å²) in [5.41, 5.74) is 2.03. The van der Waals surface area contributed by atoms with E-state index in [4.69, 9.17) is 4.74 Å². The monoisotopic (exact) mass is 416 g/mol. The van der Waals surface area contributed by atoms with Crippen LogP contribution in [-0.2, 0) is 17.9 Å². The Morgan fingerprint density at radius 1 is 1.29 bits per heavy atom. The fraction of sp³-hybridized carbons (Fsp3) is 0.368. The van der Waals surface area contributed by atoms with Crippen LogP contribution in [0.1, 0.15) is 40.6 Å². The molecule has 4 aromatic rings. The van der Waals surface area contributed by atoms with Crippen LogP contribution >= 0.6 is 22.7 Å². The highest BCUT2D eigenvalue weighted by Gasteiger charge is 2.18. The van der Waals surface area contributed by atoms with E-state index in [2.05, 4.69) is 23.9 Å². The average molecular weight is 417 g/mol. The van der Waals surface area contributed by atoms with Gasteiger partial charge in [-0.3, -0.25) is 13.9 Å². The van der Waals surface area contributed by atoms with E-state index in [1.807, 2.05) is 30.0 Å². The number of carbonyl (C=O) groups is 1. The number of aryl methyl sites for hydroxylation is 2. The number of hydrogen-bond acceptors (Lipinski definition) is 7. The zero-order chi connectivity index (χ0) is 20.0. The van der Waals surface area contributed by atoms with Crippen LogP contribution in [-0.4, -0.2) is 25.1 Å². The molecule has 0 unspecified atom stereocenters. The molecule has 0 N–H and O–H groups in total. The molecule has 28 heavy (non-hydrogen) atoms. The predicted octanol–water partition coefficient (Wildman–Crippen LogP) is 3.80. The van der Waals surface area contributed by atoms with Crippen LogP contribution in [0.4, 0.5) is 0 Å². The van der Waals surface area contributed by atoms with Crippen molar-refractivity contribution >= 4 is 43.8 Å². The largest absolute Gasteiger partial charge is 0.455 e. The van der Waals surface area contributed by atoms with Crippen molar-refractivity contribution in [2.24, 2.45) is 5.92 Å². The fourth-order valence-corrected chi connectivity index (χ4v) is 5.02. The predicted molar refractivity (Wildman–Crippen MR) is 110 cm³/mol. The molecule has 4 rings (SSSR count). The highest BCUT2D eigenvalue weighted by atomic mass is 32.1. The molecule has 9 heteroatoms. The Labute approximate surface area is 169 Å². The van der Waals surface area contributed by atoms with Gasteiger partial charge in [0, 0.05) is 29.1 Å². The maximum atomic E-state index is 12.5. The number of esters is 1. The summed E-state index contributed by atoms with van der Waals surface area (Å²) in [6.07, 6.45) is 0. The van der Waals surface area contributed by atoms with Gasteiger partial charge >= 0.3 is 5.97 Å². The van der Waals surface area contributed by atoms with Crippen molar-refractivity contribution in [3.05, 3.63) is 49.8 Å². The Balaban J connectivity index is 1.55. The van der Waals surface area contributed by atoms with Gasteiger partial charge in [0.05, 0.1) is 11.4 Å². The maximum absolute atomic E-state index is 12.5. The SMILES string of the molecule is Cc1nn(CC(C)C)c2sc(C(=O)OCc3cc(=O)n4c(C)csc4n3)cc12. The van der Waals surface area contributed by atoms with E-state index < -0.39 is 5.97 Å². The third kappa shape index (κ3) is 3.35. The topological polar surface area (TPSA) is 78.5 Å². The number of hydrogen-bond donors (Lipinski definition) is 0. The molecule has 0 aliphatic rings. The van der Waals surface area contributed by atoms with Crippen molar-refractivity contribution in [1.29, 1.82) is 0 Å². The van der Waals surface area contributed by atoms with Gasteiger partial charge in [-0.25, -0.2) is 9.78 Å². The number of rotatable bonds is 5. The van der Waals surface area contributed by atoms with Crippen LogP contribution in [0.5, 0.6) is 0 Å². The molecule has 4 heterocycles. The van der Waals surface area contributed by atoms with E-state index in [0.29, 0.717) is 21.4 Å². The molecule has 146 valence electrons. The van der Waals surface area contributed by atoms with E-state index in [0.717, 1.165) is 28.1 Å². The number of thiophene rings is 1. The molecule has 0 bridgehead atoms. The Bertz CT molecular complexity index is 1250. The van der Waals surface area contributed by atoms with E-state index in [1.165, 1.54) is 28.7 Å². The first kappa shape index (κ1) is 18.8. The number of ether oxygens (including phenoxy) is 1. The Morgan fingerprint density at radius 2 is 2.07 bits per heavy atom. The van der Waals surface area contributed by atoms with Crippen molar-refractivity contribution in [2.75, 3.05) is 0 Å². The molecule has 0 amide bonds. The third-order valence-corrected chi connectivity index (χ3v) is 6.40. The van der Waals surface area contributed by atoms with Crippen LogP contribution < -0.4 is 5.56 Å². The van der Waals surface area contributed by atoms with Crippen molar-refractivity contribution in [3.63, 3.8) is 0 Å². The lowest BCUT2D eigenvalue weighted by Gasteiger charge is -2.05. The van der Waals surface area contributed by atoms with Crippen LogP contribution in [0.2, 0.25) is 0 Å². The number of aromatic nitrogens is 4. The lowest BCUT2D eigenvalue weighted by molar-refractivity contribution is 0.0473. The molecule has 0 atom stereocenters. The molecule has 0 aromatic carbocycles. The summed E-state index contributed by atoms with van der Waals surface area (Å²) in [5.74, 6) is 0.0436.